The van der Waals surface area contributed by atoms with Gasteiger partial charge in [0.2, 0.25) is 11.8 Å². The highest BCUT2D eigenvalue weighted by Crippen LogP contribution is 2.38. The summed E-state index contributed by atoms with van der Waals surface area (Å²) in [4.78, 5) is 29.0. The number of ether oxygens (including phenoxy) is 2. The summed E-state index contributed by atoms with van der Waals surface area (Å²) in [6.07, 6.45) is 2.21. The number of carbonyl (C=O) groups excluding carboxylic acids is 2. The monoisotopic (exact) mass is 497 g/mol. The number of nitrogens with two attached hydrogens (primary N) is 1. The van der Waals surface area contributed by atoms with Crippen molar-refractivity contribution in [1.82, 2.24) is 10.3 Å². The molecule has 1 aromatic heterocycles. The van der Waals surface area contributed by atoms with E-state index in [4.69, 9.17) is 24.5 Å². The zero-order chi connectivity index (χ0) is 26.3. The van der Waals surface area contributed by atoms with Gasteiger partial charge in [0.15, 0.2) is 0 Å². The molecule has 1 aliphatic heterocycles. The van der Waals surface area contributed by atoms with E-state index in [2.05, 4.69) is 10.3 Å². The van der Waals surface area contributed by atoms with Crippen LogP contribution >= 0.6 is 0 Å². The van der Waals surface area contributed by atoms with Gasteiger partial charge in [-0.1, -0.05) is 18.2 Å². The number of nitrogens with one attached hydrogen (secondary N) is 1. The highest BCUT2D eigenvalue weighted by molar-refractivity contribution is 6.48. The minimum absolute atomic E-state index is 0.196. The van der Waals surface area contributed by atoms with Crippen LogP contribution in [0, 0.1) is 5.92 Å². The third-order valence-electron chi connectivity index (χ3n) is 6.67. The van der Waals surface area contributed by atoms with Gasteiger partial charge in [-0.15, -0.1) is 0 Å². The molecule has 2 atom stereocenters. The smallest absolute Gasteiger partial charge is 0.481 e. The molecule has 2 amide bonds. The number of methoxy groups -OCH3 is 1. The van der Waals surface area contributed by atoms with E-state index >= 15 is 0 Å². The van der Waals surface area contributed by atoms with Crippen LogP contribution in [0.25, 0.3) is 0 Å². The number of carbonyl (C=O) groups is 2. The highest BCUT2D eigenvalue weighted by Gasteiger charge is 2.54. The average Bonchev–Trinajstić information content (AvgIpc) is 3.05. The SMILES string of the molecule is COC[C@@H](Cc1ccc(C(N)=O)cn1)C(=O)N[C@@H](CCOc1ccccc1)B1OC(C)(C)C(C)(C)O1. The van der Waals surface area contributed by atoms with E-state index in [9.17, 15) is 9.59 Å². The Labute approximate surface area is 213 Å². The predicted octanol–water partition coefficient (Wildman–Crippen LogP) is 2.57. The van der Waals surface area contributed by atoms with Crippen molar-refractivity contribution < 1.29 is 28.4 Å². The minimum Gasteiger partial charge on any atom is -0.494 e. The highest BCUT2D eigenvalue weighted by atomic mass is 16.7. The van der Waals surface area contributed by atoms with Crippen molar-refractivity contribution in [2.75, 3.05) is 20.3 Å². The molecule has 0 saturated carbocycles. The van der Waals surface area contributed by atoms with Crippen molar-refractivity contribution in [3.8, 4) is 5.75 Å². The molecule has 1 fully saturated rings. The molecule has 1 aromatic carbocycles. The van der Waals surface area contributed by atoms with Crippen molar-refractivity contribution in [2.24, 2.45) is 11.7 Å². The van der Waals surface area contributed by atoms with Crippen LogP contribution in [0.4, 0.5) is 0 Å². The maximum Gasteiger partial charge on any atom is 0.481 e. The first-order valence-electron chi connectivity index (χ1n) is 12.1. The van der Waals surface area contributed by atoms with E-state index in [1.807, 2.05) is 58.0 Å². The molecular weight excluding hydrogens is 461 g/mol. The summed E-state index contributed by atoms with van der Waals surface area (Å²) < 4.78 is 23.7. The van der Waals surface area contributed by atoms with E-state index in [-0.39, 0.29) is 12.5 Å². The van der Waals surface area contributed by atoms with Crippen molar-refractivity contribution in [3.63, 3.8) is 0 Å². The molecule has 2 heterocycles. The third kappa shape index (κ3) is 7.06. The molecule has 3 N–H and O–H groups in total. The zero-order valence-corrected chi connectivity index (χ0v) is 21.7. The van der Waals surface area contributed by atoms with Gasteiger partial charge in [0.1, 0.15) is 5.75 Å². The van der Waals surface area contributed by atoms with Crippen LogP contribution < -0.4 is 15.8 Å². The first-order chi connectivity index (χ1) is 17.0. The molecule has 0 bridgehead atoms. The van der Waals surface area contributed by atoms with E-state index < -0.39 is 36.1 Å². The van der Waals surface area contributed by atoms with Crippen LogP contribution in [-0.2, 0) is 25.3 Å². The lowest BCUT2D eigenvalue weighted by atomic mass is 9.76. The van der Waals surface area contributed by atoms with Gasteiger partial charge in [0.25, 0.3) is 0 Å². The lowest BCUT2D eigenvalue weighted by Crippen LogP contribution is -2.51. The number of amides is 2. The van der Waals surface area contributed by atoms with Crippen LogP contribution in [0.1, 0.15) is 50.2 Å². The van der Waals surface area contributed by atoms with Gasteiger partial charge in [0, 0.05) is 31.8 Å². The Balaban J connectivity index is 1.72. The Hall–Kier alpha value is -2.95. The van der Waals surface area contributed by atoms with Gasteiger partial charge in [-0.2, -0.15) is 0 Å². The van der Waals surface area contributed by atoms with Gasteiger partial charge in [0.05, 0.1) is 41.8 Å². The second-order valence-corrected chi connectivity index (χ2v) is 9.95. The van der Waals surface area contributed by atoms with Crippen molar-refractivity contribution in [2.45, 2.75) is 57.7 Å². The second-order valence-electron chi connectivity index (χ2n) is 9.95. The molecule has 0 radical (unpaired) electrons. The number of pyridine rings is 1. The summed E-state index contributed by atoms with van der Waals surface area (Å²) in [5.41, 5.74) is 5.17. The van der Waals surface area contributed by atoms with Gasteiger partial charge in [-0.3, -0.25) is 14.6 Å². The maximum absolute atomic E-state index is 13.4. The van der Waals surface area contributed by atoms with Crippen LogP contribution in [0.2, 0.25) is 0 Å². The second kappa shape index (κ2) is 11.9. The molecule has 0 unspecified atom stereocenters. The first kappa shape index (κ1) is 27.6. The zero-order valence-electron chi connectivity index (χ0n) is 21.7. The number of rotatable bonds is 12. The van der Waals surface area contributed by atoms with E-state index in [1.54, 1.807) is 19.2 Å². The van der Waals surface area contributed by atoms with E-state index in [0.29, 0.717) is 30.7 Å². The normalized spacial score (nSPS) is 17.9. The Morgan fingerprint density at radius 2 is 1.75 bits per heavy atom. The lowest BCUT2D eigenvalue weighted by Gasteiger charge is -2.32. The van der Waals surface area contributed by atoms with E-state index in [0.717, 1.165) is 5.75 Å². The van der Waals surface area contributed by atoms with Crippen LogP contribution in [0.3, 0.4) is 0 Å². The molecule has 194 valence electrons. The number of para-hydroxylation sites is 1. The fourth-order valence-corrected chi connectivity index (χ4v) is 3.82. The molecule has 0 spiro atoms. The number of nitrogens with zero attached hydrogens (tertiary/aromatic N) is 1. The fraction of sp³-hybridized carbons (Fsp3) is 0.500. The molecule has 10 heteroatoms. The Kier molecular flexibility index (Phi) is 9.11. The Morgan fingerprint density at radius 3 is 2.31 bits per heavy atom. The van der Waals surface area contributed by atoms with Crippen LogP contribution in [-0.4, -0.2) is 61.4 Å². The van der Waals surface area contributed by atoms with Crippen LogP contribution in [0.5, 0.6) is 5.75 Å². The predicted molar refractivity (Wildman–Crippen MR) is 136 cm³/mol. The molecule has 3 rings (SSSR count). The summed E-state index contributed by atoms with van der Waals surface area (Å²) in [7, 11) is 0.901. The van der Waals surface area contributed by atoms with Crippen molar-refractivity contribution in [3.05, 3.63) is 59.9 Å². The van der Waals surface area contributed by atoms with Crippen molar-refractivity contribution in [1.29, 1.82) is 0 Å². The molecule has 1 saturated heterocycles. The number of hydrogen-bond acceptors (Lipinski definition) is 7. The fourth-order valence-electron chi connectivity index (χ4n) is 3.82. The lowest BCUT2D eigenvalue weighted by molar-refractivity contribution is -0.127. The van der Waals surface area contributed by atoms with Gasteiger partial charge in [-0.25, -0.2) is 0 Å². The van der Waals surface area contributed by atoms with Crippen molar-refractivity contribution >= 4 is 18.9 Å². The van der Waals surface area contributed by atoms with Gasteiger partial charge >= 0.3 is 7.12 Å². The average molecular weight is 497 g/mol. The molecule has 9 nitrogen and oxygen atoms in total. The van der Waals surface area contributed by atoms with Gasteiger partial charge < -0.3 is 29.8 Å². The molecule has 36 heavy (non-hydrogen) atoms. The Bertz CT molecular complexity index is 1000. The standard InChI is InChI=1S/C26H36BN3O6/c1-25(2)26(3,4)36-27(35-25)22(13-14-34-21-9-7-6-8-10-21)30-24(32)19(17-33-5)15-20-12-11-18(16-29-20)23(28)31/h6-12,16,19,22H,13-15,17H2,1-5H3,(H2,28,31)(H,30,32)/t19-,22+/m1/s1. The number of primary amides is 1. The first-order valence-corrected chi connectivity index (χ1v) is 12.1. The summed E-state index contributed by atoms with van der Waals surface area (Å²) in [6.45, 7) is 8.46. The summed E-state index contributed by atoms with van der Waals surface area (Å²) in [5, 5.41) is 3.10. The summed E-state index contributed by atoms with van der Waals surface area (Å²) in [5.74, 6) is -0.979. The third-order valence-corrected chi connectivity index (χ3v) is 6.67. The van der Waals surface area contributed by atoms with E-state index in [1.165, 1.54) is 6.20 Å². The summed E-state index contributed by atoms with van der Waals surface area (Å²) >= 11 is 0. The quantitative estimate of drug-likeness (QED) is 0.432. The Morgan fingerprint density at radius 1 is 1.08 bits per heavy atom. The maximum atomic E-state index is 13.4. The largest absolute Gasteiger partial charge is 0.494 e. The molecule has 0 aliphatic carbocycles. The topological polar surface area (TPSA) is 122 Å². The molecule has 1 aliphatic rings. The van der Waals surface area contributed by atoms with Gasteiger partial charge in [-0.05, 0) is 52.0 Å². The minimum atomic E-state index is -0.644. The number of benzene rings is 1. The molecular formula is C26H36BN3O6. The number of hydrogen-bond donors (Lipinski definition) is 2. The number of aromatic nitrogens is 1. The van der Waals surface area contributed by atoms with Crippen LogP contribution in [0.15, 0.2) is 48.7 Å². The summed E-state index contributed by atoms with van der Waals surface area (Å²) in [6, 6.07) is 12.8. The molecule has 2 aromatic rings.